The highest BCUT2D eigenvalue weighted by molar-refractivity contribution is 5.74. The van der Waals surface area contributed by atoms with E-state index < -0.39 is 0 Å². The molecule has 2 aromatic rings. The highest BCUT2D eigenvalue weighted by atomic mass is 16.3. The van der Waals surface area contributed by atoms with E-state index in [1.165, 1.54) is 5.56 Å². The molecule has 0 saturated heterocycles. The molecule has 0 unspecified atom stereocenters. The molecule has 0 fully saturated rings. The van der Waals surface area contributed by atoms with Gasteiger partial charge < -0.3 is 15.3 Å². The average molecular weight is 299 g/mol. The molecular weight excluding hydrogens is 278 g/mol. The summed E-state index contributed by atoms with van der Waals surface area (Å²) in [6.45, 7) is 1.22. The van der Waals surface area contributed by atoms with Gasteiger partial charge in [0.2, 0.25) is 0 Å². The molecule has 1 aromatic heterocycles. The highest BCUT2D eigenvalue weighted by Crippen LogP contribution is 2.02. The maximum atomic E-state index is 12.2. The van der Waals surface area contributed by atoms with Crippen LogP contribution in [0.4, 0.5) is 4.79 Å². The fraction of sp³-hybridized carbons (Fsp3) is 0.294. The predicted octanol–water partition coefficient (Wildman–Crippen LogP) is 1.83. The molecule has 0 aliphatic carbocycles. The van der Waals surface area contributed by atoms with Crippen molar-refractivity contribution >= 4 is 6.03 Å². The number of urea groups is 1. The number of amides is 2. The van der Waals surface area contributed by atoms with Gasteiger partial charge in [0.15, 0.2) is 0 Å². The Kier molecular flexibility index (Phi) is 6.39. The molecule has 5 heteroatoms. The number of aliphatic hydroxyl groups excluding tert-OH is 1. The number of nitrogens with zero attached hydrogens (tertiary/aromatic N) is 2. The first-order valence-electron chi connectivity index (χ1n) is 7.37. The van der Waals surface area contributed by atoms with Crippen molar-refractivity contribution in [2.24, 2.45) is 0 Å². The second-order valence-electron chi connectivity index (χ2n) is 4.93. The van der Waals surface area contributed by atoms with Gasteiger partial charge in [0.05, 0.1) is 18.8 Å². The Labute approximate surface area is 130 Å². The van der Waals surface area contributed by atoms with Crippen molar-refractivity contribution in [2.75, 3.05) is 19.7 Å². The van der Waals surface area contributed by atoms with Gasteiger partial charge in [-0.1, -0.05) is 36.4 Å². The summed E-state index contributed by atoms with van der Waals surface area (Å²) in [7, 11) is 0. The van der Waals surface area contributed by atoms with Crippen molar-refractivity contribution < 1.29 is 9.90 Å². The Morgan fingerprint density at radius 1 is 1.09 bits per heavy atom. The fourth-order valence-corrected chi connectivity index (χ4v) is 2.13. The van der Waals surface area contributed by atoms with Crippen LogP contribution in [0.15, 0.2) is 54.7 Å². The third-order valence-electron chi connectivity index (χ3n) is 3.32. The van der Waals surface area contributed by atoms with Gasteiger partial charge in [-0.3, -0.25) is 4.98 Å². The van der Waals surface area contributed by atoms with Crippen molar-refractivity contribution in [3.8, 4) is 0 Å². The molecule has 1 heterocycles. The van der Waals surface area contributed by atoms with Gasteiger partial charge in [0.1, 0.15) is 0 Å². The van der Waals surface area contributed by atoms with Crippen LogP contribution >= 0.6 is 0 Å². The van der Waals surface area contributed by atoms with Crippen molar-refractivity contribution in [1.29, 1.82) is 0 Å². The van der Waals surface area contributed by atoms with Crippen LogP contribution < -0.4 is 5.32 Å². The molecule has 2 amide bonds. The number of pyridine rings is 1. The summed E-state index contributed by atoms with van der Waals surface area (Å²) in [4.78, 5) is 18.0. The normalized spacial score (nSPS) is 10.2. The molecule has 2 N–H and O–H groups in total. The topological polar surface area (TPSA) is 65.5 Å². The molecule has 116 valence electrons. The van der Waals surface area contributed by atoms with Crippen LogP contribution in [0, 0.1) is 0 Å². The van der Waals surface area contributed by atoms with Gasteiger partial charge in [-0.15, -0.1) is 0 Å². The molecule has 0 bridgehead atoms. The van der Waals surface area contributed by atoms with Gasteiger partial charge in [-0.25, -0.2) is 4.79 Å². The Morgan fingerprint density at radius 3 is 2.55 bits per heavy atom. The van der Waals surface area contributed by atoms with Crippen LogP contribution in [0.5, 0.6) is 0 Å². The molecular formula is C17H21N3O2. The van der Waals surface area contributed by atoms with E-state index in [-0.39, 0.29) is 12.6 Å². The van der Waals surface area contributed by atoms with Crippen LogP contribution in [0.3, 0.4) is 0 Å². The van der Waals surface area contributed by atoms with E-state index in [4.69, 9.17) is 5.11 Å². The Hall–Kier alpha value is -2.40. The van der Waals surface area contributed by atoms with Gasteiger partial charge in [-0.05, 0) is 24.1 Å². The Balaban J connectivity index is 1.85. The molecule has 0 spiro atoms. The number of aliphatic hydroxyl groups is 1. The van der Waals surface area contributed by atoms with E-state index >= 15 is 0 Å². The fourth-order valence-electron chi connectivity index (χ4n) is 2.13. The minimum Gasteiger partial charge on any atom is -0.395 e. The Morgan fingerprint density at radius 2 is 1.86 bits per heavy atom. The average Bonchev–Trinajstić information content (AvgIpc) is 2.58. The summed E-state index contributed by atoms with van der Waals surface area (Å²) in [6, 6.07) is 15.4. The van der Waals surface area contributed by atoms with Crippen LogP contribution in [0.1, 0.15) is 11.3 Å². The van der Waals surface area contributed by atoms with Crippen LogP contribution in [0.25, 0.3) is 0 Å². The van der Waals surface area contributed by atoms with Crippen molar-refractivity contribution in [1.82, 2.24) is 15.2 Å². The van der Waals surface area contributed by atoms with Crippen molar-refractivity contribution in [2.45, 2.75) is 13.0 Å². The van der Waals surface area contributed by atoms with E-state index in [1.807, 2.05) is 48.5 Å². The number of hydrogen-bond donors (Lipinski definition) is 2. The first kappa shape index (κ1) is 16.0. The van der Waals surface area contributed by atoms with E-state index in [0.29, 0.717) is 19.6 Å². The third-order valence-corrected chi connectivity index (χ3v) is 3.32. The maximum Gasteiger partial charge on any atom is 0.317 e. The van der Waals surface area contributed by atoms with Crippen LogP contribution in [-0.2, 0) is 13.0 Å². The van der Waals surface area contributed by atoms with E-state index in [0.717, 1.165) is 12.1 Å². The quantitative estimate of drug-likeness (QED) is 0.820. The summed E-state index contributed by atoms with van der Waals surface area (Å²) in [5.74, 6) is 0. The minimum absolute atomic E-state index is 0.0498. The standard InChI is InChI=1S/C17H21N3O2/c21-13-12-20(11-9-15-6-2-1-3-7-15)17(22)19-14-16-8-4-5-10-18-16/h1-8,10,21H,9,11-14H2,(H,19,22). The Bertz CT molecular complexity index is 561. The zero-order chi connectivity index (χ0) is 15.6. The number of carbonyl (C=O) groups is 1. The lowest BCUT2D eigenvalue weighted by atomic mass is 10.1. The third kappa shape index (κ3) is 5.18. The lowest BCUT2D eigenvalue weighted by Gasteiger charge is -2.22. The molecule has 1 aromatic carbocycles. The van der Waals surface area contributed by atoms with Crippen LogP contribution in [-0.4, -0.2) is 40.7 Å². The molecule has 0 radical (unpaired) electrons. The van der Waals surface area contributed by atoms with Gasteiger partial charge in [-0.2, -0.15) is 0 Å². The zero-order valence-corrected chi connectivity index (χ0v) is 12.5. The smallest absolute Gasteiger partial charge is 0.317 e. The molecule has 0 aliphatic heterocycles. The number of nitrogens with one attached hydrogen (secondary N) is 1. The zero-order valence-electron chi connectivity index (χ0n) is 12.5. The molecule has 0 aliphatic rings. The summed E-state index contributed by atoms with van der Waals surface area (Å²) in [6.07, 6.45) is 2.46. The lowest BCUT2D eigenvalue weighted by Crippen LogP contribution is -2.42. The lowest BCUT2D eigenvalue weighted by molar-refractivity contribution is 0.177. The summed E-state index contributed by atoms with van der Waals surface area (Å²) in [5, 5.41) is 12.0. The largest absolute Gasteiger partial charge is 0.395 e. The molecule has 22 heavy (non-hydrogen) atoms. The molecule has 2 rings (SSSR count). The van der Waals surface area contributed by atoms with Gasteiger partial charge in [0.25, 0.3) is 0 Å². The maximum absolute atomic E-state index is 12.2. The summed E-state index contributed by atoms with van der Waals surface area (Å²) >= 11 is 0. The number of benzene rings is 1. The van der Waals surface area contributed by atoms with E-state index in [1.54, 1.807) is 11.1 Å². The molecule has 0 atom stereocenters. The number of aromatic nitrogens is 1. The number of rotatable bonds is 7. The molecule has 5 nitrogen and oxygen atoms in total. The second-order valence-corrected chi connectivity index (χ2v) is 4.93. The SMILES string of the molecule is O=C(NCc1ccccn1)N(CCO)CCc1ccccc1. The number of carbonyl (C=O) groups excluding carboxylic acids is 1. The van der Waals surface area contributed by atoms with Crippen LogP contribution in [0.2, 0.25) is 0 Å². The highest BCUT2D eigenvalue weighted by Gasteiger charge is 2.12. The van der Waals surface area contributed by atoms with Gasteiger partial charge in [0, 0.05) is 19.3 Å². The van der Waals surface area contributed by atoms with Gasteiger partial charge >= 0.3 is 6.03 Å². The predicted molar refractivity (Wildman–Crippen MR) is 85.3 cm³/mol. The minimum atomic E-state index is -0.185. The number of hydrogen-bond acceptors (Lipinski definition) is 3. The molecule has 0 saturated carbocycles. The second kappa shape index (κ2) is 8.79. The van der Waals surface area contributed by atoms with E-state index in [9.17, 15) is 4.79 Å². The first-order chi connectivity index (χ1) is 10.8. The van der Waals surface area contributed by atoms with E-state index in [2.05, 4.69) is 10.3 Å². The summed E-state index contributed by atoms with van der Waals surface area (Å²) in [5.41, 5.74) is 1.98. The van der Waals surface area contributed by atoms with Crippen molar-refractivity contribution in [3.63, 3.8) is 0 Å². The van der Waals surface area contributed by atoms with Crippen molar-refractivity contribution in [3.05, 3.63) is 66.0 Å². The monoisotopic (exact) mass is 299 g/mol. The first-order valence-corrected chi connectivity index (χ1v) is 7.37. The summed E-state index contributed by atoms with van der Waals surface area (Å²) < 4.78 is 0.